The van der Waals surface area contributed by atoms with Crippen LogP contribution in [0.15, 0.2) is 53.1 Å². The summed E-state index contributed by atoms with van der Waals surface area (Å²) in [6.45, 7) is 4.05. The Kier molecular flexibility index (Phi) is 5.97. The molecule has 0 aliphatic heterocycles. The second-order valence-corrected chi connectivity index (χ2v) is 6.85. The standard InChI is InChI=1S/C22H23N3O4/c1-14-20(15(2)29-24-14)13-28-19-10-8-16(9-11-19)21(26)23-18-7-5-6-17(12-18)22(27)25(3)4/h5-12H,13H2,1-4H3,(H,23,26). The lowest BCUT2D eigenvalue weighted by Crippen LogP contribution is -2.21. The summed E-state index contributed by atoms with van der Waals surface area (Å²) in [5.74, 6) is 0.978. The minimum absolute atomic E-state index is 0.124. The van der Waals surface area contributed by atoms with Crippen molar-refractivity contribution in [1.82, 2.24) is 10.1 Å². The van der Waals surface area contributed by atoms with E-state index in [1.165, 1.54) is 4.90 Å². The summed E-state index contributed by atoms with van der Waals surface area (Å²) in [4.78, 5) is 26.1. The highest BCUT2D eigenvalue weighted by atomic mass is 16.5. The lowest BCUT2D eigenvalue weighted by Gasteiger charge is -2.12. The second-order valence-electron chi connectivity index (χ2n) is 6.85. The molecule has 0 atom stereocenters. The van der Waals surface area contributed by atoms with Crippen molar-refractivity contribution in [3.05, 3.63) is 76.7 Å². The van der Waals surface area contributed by atoms with Crippen LogP contribution in [0, 0.1) is 13.8 Å². The first kappa shape index (κ1) is 20.1. The molecule has 0 bridgehead atoms. The zero-order chi connectivity index (χ0) is 21.0. The van der Waals surface area contributed by atoms with Crippen LogP contribution < -0.4 is 10.1 Å². The Balaban J connectivity index is 1.63. The summed E-state index contributed by atoms with van der Waals surface area (Å²) in [5.41, 5.74) is 3.27. The summed E-state index contributed by atoms with van der Waals surface area (Å²) < 4.78 is 10.9. The number of hydrogen-bond donors (Lipinski definition) is 1. The van der Waals surface area contributed by atoms with Crippen molar-refractivity contribution < 1.29 is 18.8 Å². The predicted molar refractivity (Wildman–Crippen MR) is 109 cm³/mol. The Morgan fingerprint density at radius 1 is 1.07 bits per heavy atom. The van der Waals surface area contributed by atoms with E-state index in [9.17, 15) is 9.59 Å². The van der Waals surface area contributed by atoms with Crippen LogP contribution in [0.2, 0.25) is 0 Å². The number of benzene rings is 2. The molecule has 0 aliphatic carbocycles. The second kappa shape index (κ2) is 8.60. The quantitative estimate of drug-likeness (QED) is 0.688. The Morgan fingerprint density at radius 2 is 1.79 bits per heavy atom. The smallest absolute Gasteiger partial charge is 0.255 e. The molecule has 150 valence electrons. The molecule has 1 heterocycles. The summed E-state index contributed by atoms with van der Waals surface area (Å²) in [7, 11) is 3.37. The Hall–Kier alpha value is -3.61. The number of carbonyl (C=O) groups excluding carboxylic acids is 2. The van der Waals surface area contributed by atoms with Crippen molar-refractivity contribution in [2.75, 3.05) is 19.4 Å². The zero-order valence-electron chi connectivity index (χ0n) is 16.9. The first-order valence-corrected chi connectivity index (χ1v) is 9.13. The molecule has 7 heteroatoms. The van der Waals surface area contributed by atoms with Gasteiger partial charge in [-0.15, -0.1) is 0 Å². The third-order valence-electron chi connectivity index (χ3n) is 4.45. The molecule has 0 radical (unpaired) electrons. The number of aromatic nitrogens is 1. The summed E-state index contributed by atoms with van der Waals surface area (Å²) >= 11 is 0. The van der Waals surface area contributed by atoms with E-state index in [1.807, 2.05) is 13.8 Å². The molecule has 3 aromatic rings. The highest BCUT2D eigenvalue weighted by Gasteiger charge is 2.12. The number of nitrogens with one attached hydrogen (secondary N) is 1. The van der Waals surface area contributed by atoms with Gasteiger partial charge in [-0.2, -0.15) is 0 Å². The number of hydrogen-bond acceptors (Lipinski definition) is 5. The van der Waals surface area contributed by atoms with Gasteiger partial charge in [0.1, 0.15) is 18.1 Å². The van der Waals surface area contributed by atoms with Gasteiger partial charge < -0.3 is 19.5 Å². The van der Waals surface area contributed by atoms with Crippen LogP contribution in [0.5, 0.6) is 5.75 Å². The monoisotopic (exact) mass is 393 g/mol. The van der Waals surface area contributed by atoms with Crippen molar-refractivity contribution in [2.45, 2.75) is 20.5 Å². The topological polar surface area (TPSA) is 84.7 Å². The average Bonchev–Trinajstić information content (AvgIpc) is 3.03. The molecule has 0 spiro atoms. The van der Waals surface area contributed by atoms with E-state index >= 15 is 0 Å². The Bertz CT molecular complexity index is 1000. The highest BCUT2D eigenvalue weighted by molar-refractivity contribution is 6.05. The van der Waals surface area contributed by atoms with Crippen LogP contribution in [0.3, 0.4) is 0 Å². The van der Waals surface area contributed by atoms with E-state index in [4.69, 9.17) is 9.26 Å². The molecular formula is C22H23N3O4. The Morgan fingerprint density at radius 3 is 2.41 bits per heavy atom. The van der Waals surface area contributed by atoms with Gasteiger partial charge in [-0.3, -0.25) is 9.59 Å². The fraction of sp³-hybridized carbons (Fsp3) is 0.227. The molecule has 3 rings (SSSR count). The van der Waals surface area contributed by atoms with Gasteiger partial charge in [-0.1, -0.05) is 11.2 Å². The molecule has 1 N–H and O–H groups in total. The maximum Gasteiger partial charge on any atom is 0.255 e. The number of anilines is 1. The first-order valence-electron chi connectivity index (χ1n) is 9.13. The van der Waals surface area contributed by atoms with Crippen LogP contribution >= 0.6 is 0 Å². The lowest BCUT2D eigenvalue weighted by atomic mass is 10.1. The van der Waals surface area contributed by atoms with Gasteiger partial charge in [0.05, 0.1) is 11.3 Å². The van der Waals surface area contributed by atoms with Gasteiger partial charge in [-0.25, -0.2) is 0 Å². The van der Waals surface area contributed by atoms with Crippen LogP contribution in [0.4, 0.5) is 5.69 Å². The van der Waals surface area contributed by atoms with Crippen molar-refractivity contribution in [2.24, 2.45) is 0 Å². The van der Waals surface area contributed by atoms with Crippen LogP contribution in [-0.2, 0) is 6.61 Å². The maximum atomic E-state index is 12.5. The van der Waals surface area contributed by atoms with E-state index in [-0.39, 0.29) is 11.8 Å². The third-order valence-corrected chi connectivity index (χ3v) is 4.45. The molecule has 0 saturated heterocycles. The van der Waals surface area contributed by atoms with E-state index in [0.29, 0.717) is 29.2 Å². The van der Waals surface area contributed by atoms with Crippen LogP contribution in [0.1, 0.15) is 37.7 Å². The van der Waals surface area contributed by atoms with Crippen LogP contribution in [-0.4, -0.2) is 36.0 Å². The molecule has 0 unspecified atom stereocenters. The normalized spacial score (nSPS) is 10.5. The van der Waals surface area contributed by atoms with E-state index in [0.717, 1.165) is 17.0 Å². The lowest BCUT2D eigenvalue weighted by molar-refractivity contribution is 0.0827. The van der Waals surface area contributed by atoms with Gasteiger partial charge in [0, 0.05) is 30.9 Å². The number of ether oxygens (including phenoxy) is 1. The van der Waals surface area contributed by atoms with E-state index in [1.54, 1.807) is 62.6 Å². The van der Waals surface area contributed by atoms with Gasteiger partial charge in [0.25, 0.3) is 11.8 Å². The van der Waals surface area contributed by atoms with Crippen LogP contribution in [0.25, 0.3) is 0 Å². The number of rotatable bonds is 6. The largest absolute Gasteiger partial charge is 0.489 e. The number of amides is 2. The molecular weight excluding hydrogens is 370 g/mol. The van der Waals surface area contributed by atoms with Crippen molar-refractivity contribution in [3.63, 3.8) is 0 Å². The maximum absolute atomic E-state index is 12.5. The molecule has 29 heavy (non-hydrogen) atoms. The molecule has 1 aromatic heterocycles. The number of aryl methyl sites for hydroxylation is 2. The van der Waals surface area contributed by atoms with E-state index in [2.05, 4.69) is 10.5 Å². The predicted octanol–water partition coefficient (Wildman–Crippen LogP) is 3.82. The highest BCUT2D eigenvalue weighted by Crippen LogP contribution is 2.19. The zero-order valence-corrected chi connectivity index (χ0v) is 16.9. The summed E-state index contributed by atoms with van der Waals surface area (Å²) in [6, 6.07) is 13.7. The van der Waals surface area contributed by atoms with Crippen molar-refractivity contribution in [1.29, 1.82) is 0 Å². The van der Waals surface area contributed by atoms with Crippen molar-refractivity contribution in [3.8, 4) is 5.75 Å². The molecule has 0 saturated carbocycles. The fourth-order valence-electron chi connectivity index (χ4n) is 2.76. The van der Waals surface area contributed by atoms with E-state index < -0.39 is 0 Å². The van der Waals surface area contributed by atoms with Crippen molar-refractivity contribution >= 4 is 17.5 Å². The fourth-order valence-corrected chi connectivity index (χ4v) is 2.76. The van der Waals surface area contributed by atoms with Gasteiger partial charge in [0.15, 0.2) is 0 Å². The number of carbonyl (C=O) groups is 2. The number of nitrogens with zero attached hydrogens (tertiary/aromatic N) is 2. The molecule has 0 fully saturated rings. The molecule has 2 aromatic carbocycles. The molecule has 7 nitrogen and oxygen atoms in total. The van der Waals surface area contributed by atoms with Gasteiger partial charge in [-0.05, 0) is 56.3 Å². The summed E-state index contributed by atoms with van der Waals surface area (Å²) in [6.07, 6.45) is 0. The SMILES string of the molecule is Cc1noc(C)c1COc1ccc(C(=O)Nc2cccc(C(=O)N(C)C)c2)cc1. The first-order chi connectivity index (χ1) is 13.8. The average molecular weight is 393 g/mol. The minimum atomic E-state index is -0.267. The van der Waals surface area contributed by atoms with Gasteiger partial charge >= 0.3 is 0 Å². The summed E-state index contributed by atoms with van der Waals surface area (Å²) in [5, 5.41) is 6.71. The third kappa shape index (κ3) is 4.82. The molecule has 0 aliphatic rings. The molecule has 2 amide bonds. The van der Waals surface area contributed by atoms with Gasteiger partial charge in [0.2, 0.25) is 0 Å². The Labute approximate surface area is 169 Å². The minimum Gasteiger partial charge on any atom is -0.489 e.